The van der Waals surface area contributed by atoms with Crippen molar-refractivity contribution in [1.82, 2.24) is 0 Å². The van der Waals surface area contributed by atoms with Gasteiger partial charge in [-0.15, -0.1) is 0 Å². The van der Waals surface area contributed by atoms with Crippen molar-refractivity contribution in [3.63, 3.8) is 0 Å². The van der Waals surface area contributed by atoms with Crippen LogP contribution in [0.3, 0.4) is 0 Å². The van der Waals surface area contributed by atoms with Crippen molar-refractivity contribution in [1.29, 1.82) is 0 Å². The van der Waals surface area contributed by atoms with Gasteiger partial charge in [0.05, 0.1) is 6.10 Å². The minimum atomic E-state index is -1.45. The molecule has 0 saturated carbocycles. The molecule has 0 bridgehead atoms. The van der Waals surface area contributed by atoms with Gasteiger partial charge in [0, 0.05) is 4.43 Å². The van der Waals surface area contributed by atoms with E-state index in [0.717, 1.165) is 0 Å². The molecule has 0 aliphatic carbocycles. The van der Waals surface area contributed by atoms with Crippen LogP contribution in [0.2, 0.25) is 0 Å². The maximum absolute atomic E-state index is 13.4. The van der Waals surface area contributed by atoms with Gasteiger partial charge in [-0.1, -0.05) is 34.7 Å². The molecule has 1 aliphatic rings. The number of halogens is 2. The Bertz CT molecular complexity index is 430. The lowest BCUT2D eigenvalue weighted by Crippen LogP contribution is -2.59. The van der Waals surface area contributed by atoms with Crippen molar-refractivity contribution in [2.45, 2.75) is 30.7 Å². The van der Waals surface area contributed by atoms with Crippen molar-refractivity contribution < 1.29 is 29.2 Å². The molecular weight excluding hydrogens is 370 g/mol. The average Bonchev–Trinajstić information content (AvgIpc) is 2.41. The molecule has 0 amide bonds. The Morgan fingerprint density at radius 2 is 1.84 bits per heavy atom. The first-order chi connectivity index (χ1) is 9.04. The summed E-state index contributed by atoms with van der Waals surface area (Å²) in [6, 6.07) is 5.69. The zero-order valence-corrected chi connectivity index (χ0v) is 12.0. The fourth-order valence-corrected chi connectivity index (χ4v) is 2.54. The Hall–Kier alpha value is -0.480. The number of ether oxygens (including phenoxy) is 2. The summed E-state index contributed by atoms with van der Waals surface area (Å²) >= 11 is 1.98. The molecule has 19 heavy (non-hydrogen) atoms. The summed E-state index contributed by atoms with van der Waals surface area (Å²) in [5.41, 5.74) is 0. The Kier molecular flexibility index (Phi) is 4.96. The van der Waals surface area contributed by atoms with E-state index in [1.807, 2.05) is 22.6 Å². The summed E-state index contributed by atoms with van der Waals surface area (Å²) in [7, 11) is 0. The van der Waals surface area contributed by atoms with E-state index in [-0.39, 0.29) is 5.75 Å². The molecule has 1 aliphatic heterocycles. The lowest BCUT2D eigenvalue weighted by Gasteiger charge is -2.39. The Morgan fingerprint density at radius 1 is 1.16 bits per heavy atom. The van der Waals surface area contributed by atoms with Gasteiger partial charge in [0.25, 0.3) is 0 Å². The van der Waals surface area contributed by atoms with Crippen LogP contribution in [-0.2, 0) is 4.74 Å². The highest BCUT2D eigenvalue weighted by Crippen LogP contribution is 2.26. The molecule has 5 nitrogen and oxygen atoms in total. The Labute approximate surface area is 123 Å². The van der Waals surface area contributed by atoms with Crippen LogP contribution in [0, 0.1) is 5.82 Å². The standard InChI is InChI=1S/C12H14FIO5/c13-6-3-1-2-4-7(6)18-12-11(17)10(16)9(15)8(5-14)19-12/h1-4,8-12,15-17H,5H2/t8-,9+,10+,11-,12-/m0/s1. The molecule has 1 aromatic rings. The third kappa shape index (κ3) is 3.16. The van der Waals surface area contributed by atoms with Crippen molar-refractivity contribution in [3.8, 4) is 5.75 Å². The molecule has 1 saturated heterocycles. The van der Waals surface area contributed by atoms with Gasteiger partial charge in [-0.3, -0.25) is 0 Å². The van der Waals surface area contributed by atoms with Crippen LogP contribution in [0.25, 0.3) is 0 Å². The Balaban J connectivity index is 2.13. The monoisotopic (exact) mass is 384 g/mol. The number of aliphatic hydroxyl groups is 3. The quantitative estimate of drug-likeness (QED) is 0.521. The zero-order chi connectivity index (χ0) is 14.0. The van der Waals surface area contributed by atoms with Crippen LogP contribution in [0.1, 0.15) is 0 Å². The first kappa shape index (κ1) is 14.9. The van der Waals surface area contributed by atoms with Crippen LogP contribution in [0.15, 0.2) is 24.3 Å². The van der Waals surface area contributed by atoms with E-state index in [4.69, 9.17) is 9.47 Å². The summed E-state index contributed by atoms with van der Waals surface area (Å²) in [5, 5.41) is 29.2. The third-order valence-corrected chi connectivity index (χ3v) is 3.77. The second-order valence-electron chi connectivity index (χ2n) is 4.22. The average molecular weight is 384 g/mol. The molecule has 0 spiro atoms. The minimum Gasteiger partial charge on any atom is -0.459 e. The first-order valence-corrected chi connectivity index (χ1v) is 7.24. The van der Waals surface area contributed by atoms with E-state index < -0.39 is 36.5 Å². The predicted molar refractivity (Wildman–Crippen MR) is 72.6 cm³/mol. The van der Waals surface area contributed by atoms with Gasteiger partial charge in [0.2, 0.25) is 6.29 Å². The number of benzene rings is 1. The van der Waals surface area contributed by atoms with Crippen LogP contribution < -0.4 is 4.74 Å². The fourth-order valence-electron chi connectivity index (χ4n) is 1.81. The van der Waals surface area contributed by atoms with E-state index in [1.165, 1.54) is 18.2 Å². The number of hydrogen-bond donors (Lipinski definition) is 3. The zero-order valence-electron chi connectivity index (χ0n) is 9.82. The summed E-state index contributed by atoms with van der Waals surface area (Å²) < 4.78 is 24.4. The molecule has 0 aromatic heterocycles. The molecule has 3 N–H and O–H groups in total. The summed E-state index contributed by atoms with van der Waals surface area (Å²) in [5.74, 6) is -0.674. The Morgan fingerprint density at radius 3 is 2.47 bits per heavy atom. The summed E-state index contributed by atoms with van der Waals surface area (Å²) in [4.78, 5) is 0. The van der Waals surface area contributed by atoms with E-state index in [9.17, 15) is 19.7 Å². The highest BCUT2D eigenvalue weighted by molar-refractivity contribution is 14.1. The van der Waals surface area contributed by atoms with Crippen molar-refractivity contribution in [2.24, 2.45) is 0 Å². The van der Waals surface area contributed by atoms with Gasteiger partial charge < -0.3 is 24.8 Å². The molecule has 0 radical (unpaired) electrons. The molecule has 0 unspecified atom stereocenters. The lowest BCUT2D eigenvalue weighted by atomic mass is 10.00. The molecule has 2 rings (SSSR count). The van der Waals surface area contributed by atoms with Crippen LogP contribution >= 0.6 is 22.6 Å². The van der Waals surface area contributed by atoms with Crippen LogP contribution in [-0.4, -0.2) is 50.5 Å². The SMILES string of the molecule is O[C@H]1[C@H](O)[C@@H](Oc2ccccc2F)O[C@@H](CI)[C@H]1O. The number of alkyl halides is 1. The lowest BCUT2D eigenvalue weighted by molar-refractivity contribution is -0.266. The first-order valence-electron chi connectivity index (χ1n) is 5.71. The molecule has 1 aromatic carbocycles. The van der Waals surface area contributed by atoms with Crippen molar-refractivity contribution in [3.05, 3.63) is 30.1 Å². The van der Waals surface area contributed by atoms with Gasteiger partial charge >= 0.3 is 0 Å². The molecule has 5 atom stereocenters. The van der Waals surface area contributed by atoms with Gasteiger partial charge in [-0.05, 0) is 12.1 Å². The summed E-state index contributed by atoms with van der Waals surface area (Å²) in [6.45, 7) is 0. The summed E-state index contributed by atoms with van der Waals surface area (Å²) in [6.07, 6.45) is -5.96. The highest BCUT2D eigenvalue weighted by atomic mass is 127. The maximum atomic E-state index is 13.4. The second kappa shape index (κ2) is 6.31. The van der Waals surface area contributed by atoms with E-state index in [0.29, 0.717) is 4.43 Å². The molecular formula is C12H14FIO5. The topological polar surface area (TPSA) is 79.2 Å². The molecule has 106 valence electrons. The van der Waals surface area contributed by atoms with E-state index in [2.05, 4.69) is 0 Å². The van der Waals surface area contributed by atoms with E-state index in [1.54, 1.807) is 6.07 Å². The molecule has 7 heteroatoms. The number of hydrogen-bond acceptors (Lipinski definition) is 5. The van der Waals surface area contributed by atoms with E-state index >= 15 is 0 Å². The van der Waals surface area contributed by atoms with Crippen LogP contribution in [0.4, 0.5) is 4.39 Å². The van der Waals surface area contributed by atoms with Gasteiger partial charge in [-0.25, -0.2) is 4.39 Å². The van der Waals surface area contributed by atoms with Gasteiger partial charge in [0.15, 0.2) is 11.6 Å². The predicted octanol–water partition coefficient (Wildman–Crippen LogP) is 0.447. The van der Waals surface area contributed by atoms with Crippen molar-refractivity contribution >= 4 is 22.6 Å². The second-order valence-corrected chi connectivity index (χ2v) is 5.10. The number of aliphatic hydroxyl groups excluding tert-OH is 3. The smallest absolute Gasteiger partial charge is 0.229 e. The van der Waals surface area contributed by atoms with Crippen molar-refractivity contribution in [2.75, 3.05) is 4.43 Å². The largest absolute Gasteiger partial charge is 0.459 e. The molecule has 1 fully saturated rings. The normalized spacial score (nSPS) is 35.1. The molecule has 1 heterocycles. The number of rotatable bonds is 3. The number of para-hydroxylation sites is 1. The minimum absolute atomic E-state index is 0.0812. The maximum Gasteiger partial charge on any atom is 0.229 e. The third-order valence-electron chi connectivity index (χ3n) is 2.90. The van der Waals surface area contributed by atoms with Crippen LogP contribution in [0.5, 0.6) is 5.75 Å². The van der Waals surface area contributed by atoms with Gasteiger partial charge in [0.1, 0.15) is 18.3 Å². The fraction of sp³-hybridized carbons (Fsp3) is 0.500. The highest BCUT2D eigenvalue weighted by Gasteiger charge is 2.44. The van der Waals surface area contributed by atoms with Gasteiger partial charge in [-0.2, -0.15) is 0 Å².